The summed E-state index contributed by atoms with van der Waals surface area (Å²) in [6.45, 7) is 0.478. The van der Waals surface area contributed by atoms with Gasteiger partial charge in [-0.25, -0.2) is 0 Å². The normalized spacial score (nSPS) is 11.9. The first-order valence-electron chi connectivity index (χ1n) is 6.55. The second kappa shape index (κ2) is 7.24. The molecule has 4 nitrogen and oxygen atoms in total. The van der Waals surface area contributed by atoms with Gasteiger partial charge in [0.1, 0.15) is 18.4 Å². The van der Waals surface area contributed by atoms with Gasteiger partial charge in [-0.15, -0.1) is 0 Å². The van der Waals surface area contributed by atoms with Gasteiger partial charge < -0.3 is 20.4 Å². The van der Waals surface area contributed by atoms with Gasteiger partial charge in [-0.2, -0.15) is 0 Å². The highest BCUT2D eigenvalue weighted by molar-refractivity contribution is 9.10. The van der Waals surface area contributed by atoms with Crippen molar-refractivity contribution in [3.63, 3.8) is 0 Å². The molecule has 0 aromatic heterocycles. The summed E-state index contributed by atoms with van der Waals surface area (Å²) in [5.74, 6) is -0.390. The molecule has 0 spiro atoms. The van der Waals surface area contributed by atoms with E-state index in [0.717, 1.165) is 15.6 Å². The first kappa shape index (κ1) is 15.5. The summed E-state index contributed by atoms with van der Waals surface area (Å²) in [4.78, 5) is 10.6. The van der Waals surface area contributed by atoms with Crippen molar-refractivity contribution in [2.75, 3.05) is 0 Å². The molecule has 2 rings (SSSR count). The van der Waals surface area contributed by atoms with Crippen LogP contribution in [0.4, 0.5) is 0 Å². The van der Waals surface area contributed by atoms with Crippen LogP contribution < -0.4 is 15.6 Å². The minimum Gasteiger partial charge on any atom is -0.550 e. The fourth-order valence-corrected chi connectivity index (χ4v) is 2.45. The fourth-order valence-electron chi connectivity index (χ4n) is 1.94. The van der Waals surface area contributed by atoms with Crippen molar-refractivity contribution < 1.29 is 20.4 Å². The molecule has 0 saturated heterocycles. The van der Waals surface area contributed by atoms with E-state index in [9.17, 15) is 9.90 Å². The first-order chi connectivity index (χ1) is 10.1. The summed E-state index contributed by atoms with van der Waals surface area (Å²) in [5.41, 5.74) is 5.75. The molecule has 0 aliphatic heterocycles. The predicted octanol–water partition coefficient (Wildman–Crippen LogP) is 1.45. The summed E-state index contributed by atoms with van der Waals surface area (Å²) in [6, 6.07) is 15.0. The lowest BCUT2D eigenvalue weighted by Crippen LogP contribution is -2.55. The van der Waals surface area contributed by atoms with E-state index in [1.165, 1.54) is 0 Å². The molecule has 0 amide bonds. The third-order valence-corrected chi connectivity index (χ3v) is 3.70. The molecule has 0 radical (unpaired) electrons. The lowest BCUT2D eigenvalue weighted by atomic mass is 10.0. The predicted molar refractivity (Wildman–Crippen MR) is 80.2 cm³/mol. The number of carbonyl (C=O) groups is 1. The Labute approximate surface area is 131 Å². The van der Waals surface area contributed by atoms with Gasteiger partial charge in [0, 0.05) is 18.0 Å². The molecular weight excluding hydrogens is 334 g/mol. The van der Waals surface area contributed by atoms with Gasteiger partial charge in [-0.3, -0.25) is 0 Å². The van der Waals surface area contributed by atoms with Crippen LogP contribution in [0.2, 0.25) is 0 Å². The smallest absolute Gasteiger partial charge is 0.134 e. The molecule has 0 aliphatic carbocycles. The van der Waals surface area contributed by atoms with Gasteiger partial charge in [-0.1, -0.05) is 30.3 Å². The molecule has 5 heteroatoms. The maximum absolute atomic E-state index is 10.6. The van der Waals surface area contributed by atoms with E-state index < -0.39 is 5.97 Å². The monoisotopic (exact) mass is 349 g/mol. The third-order valence-electron chi connectivity index (χ3n) is 3.08. The number of ether oxygens (including phenoxy) is 1. The van der Waals surface area contributed by atoms with Crippen LogP contribution in [-0.4, -0.2) is 5.97 Å². The molecule has 1 atom stereocenters. The summed E-state index contributed by atoms with van der Waals surface area (Å²) in [5, 5.41) is 10.6. The van der Waals surface area contributed by atoms with E-state index in [4.69, 9.17) is 4.74 Å². The Morgan fingerprint density at radius 2 is 1.95 bits per heavy atom. The van der Waals surface area contributed by atoms with Crippen LogP contribution >= 0.6 is 15.9 Å². The second-order valence-corrected chi connectivity index (χ2v) is 5.59. The Hall–Kier alpha value is -1.85. The fraction of sp³-hybridized carbons (Fsp3) is 0.188. The van der Waals surface area contributed by atoms with Crippen LogP contribution in [0.5, 0.6) is 5.75 Å². The highest BCUT2D eigenvalue weighted by Crippen LogP contribution is 2.28. The van der Waals surface area contributed by atoms with E-state index in [0.29, 0.717) is 12.4 Å². The third kappa shape index (κ3) is 4.58. The zero-order valence-electron chi connectivity index (χ0n) is 11.4. The van der Waals surface area contributed by atoms with E-state index >= 15 is 0 Å². The standard InChI is InChI=1S/C16H16BrNO3/c17-13-8-12(14(18)9-16(19)20)6-7-15(13)21-10-11-4-2-1-3-5-11/h1-8,14H,9-10,18H2,(H,19,20)/t14-/m1/s1. The van der Waals surface area contributed by atoms with Crippen LogP contribution in [0.15, 0.2) is 53.0 Å². The number of carboxylic acid groups (broad SMARTS) is 1. The van der Waals surface area contributed by atoms with Crippen molar-refractivity contribution >= 4 is 21.9 Å². The SMILES string of the molecule is [NH3+][C@H](CC(=O)[O-])c1ccc(OCc2ccccc2)c(Br)c1. The molecule has 0 unspecified atom stereocenters. The first-order valence-corrected chi connectivity index (χ1v) is 7.34. The zero-order valence-corrected chi connectivity index (χ0v) is 13.0. The van der Waals surface area contributed by atoms with Crippen LogP contribution in [0.25, 0.3) is 0 Å². The van der Waals surface area contributed by atoms with Crippen molar-refractivity contribution in [2.24, 2.45) is 0 Å². The number of aliphatic carboxylic acids is 1. The van der Waals surface area contributed by atoms with Crippen LogP contribution in [0.3, 0.4) is 0 Å². The summed E-state index contributed by atoms with van der Waals surface area (Å²) < 4.78 is 6.52. The highest BCUT2D eigenvalue weighted by atomic mass is 79.9. The number of hydrogen-bond donors (Lipinski definition) is 1. The van der Waals surface area contributed by atoms with Gasteiger partial charge in [0.25, 0.3) is 0 Å². The van der Waals surface area contributed by atoms with Crippen LogP contribution in [0, 0.1) is 0 Å². The van der Waals surface area contributed by atoms with Gasteiger partial charge >= 0.3 is 0 Å². The molecule has 2 aromatic carbocycles. The number of carboxylic acids is 1. The number of quaternary nitrogens is 1. The average Bonchev–Trinajstić information content (AvgIpc) is 2.46. The van der Waals surface area contributed by atoms with E-state index in [2.05, 4.69) is 21.7 Å². The number of rotatable bonds is 6. The molecule has 0 saturated carbocycles. The van der Waals surface area contributed by atoms with Crippen molar-refractivity contribution in [2.45, 2.75) is 19.1 Å². The van der Waals surface area contributed by atoms with Crippen LogP contribution in [0.1, 0.15) is 23.6 Å². The van der Waals surface area contributed by atoms with E-state index in [-0.39, 0.29) is 12.5 Å². The quantitative estimate of drug-likeness (QED) is 0.857. The number of benzene rings is 2. The molecular formula is C16H16BrNO3. The Morgan fingerprint density at radius 3 is 2.57 bits per heavy atom. The maximum atomic E-state index is 10.6. The molecule has 2 aromatic rings. The number of halogens is 1. The Morgan fingerprint density at radius 1 is 1.24 bits per heavy atom. The lowest BCUT2D eigenvalue weighted by molar-refractivity contribution is -0.430. The van der Waals surface area contributed by atoms with Crippen LogP contribution in [-0.2, 0) is 11.4 Å². The Bertz CT molecular complexity index is 616. The molecule has 0 aliphatic rings. The van der Waals surface area contributed by atoms with E-state index in [1.807, 2.05) is 48.5 Å². The lowest BCUT2D eigenvalue weighted by Gasteiger charge is -2.13. The maximum Gasteiger partial charge on any atom is 0.134 e. The minimum atomic E-state index is -1.10. The van der Waals surface area contributed by atoms with Gasteiger partial charge in [-0.05, 0) is 39.7 Å². The Kier molecular flexibility index (Phi) is 5.36. The van der Waals surface area contributed by atoms with Crippen molar-refractivity contribution in [1.29, 1.82) is 0 Å². The minimum absolute atomic E-state index is 0.101. The summed E-state index contributed by atoms with van der Waals surface area (Å²) in [6.07, 6.45) is -0.101. The van der Waals surface area contributed by atoms with E-state index in [1.54, 1.807) is 0 Å². The number of carbonyl (C=O) groups excluding carboxylic acids is 1. The van der Waals surface area contributed by atoms with Crippen molar-refractivity contribution in [3.05, 3.63) is 64.1 Å². The average molecular weight is 350 g/mol. The van der Waals surface area contributed by atoms with Crippen molar-refractivity contribution in [3.8, 4) is 5.75 Å². The van der Waals surface area contributed by atoms with Gasteiger partial charge in [0.05, 0.1) is 4.47 Å². The molecule has 3 N–H and O–H groups in total. The zero-order chi connectivity index (χ0) is 15.2. The molecule has 0 bridgehead atoms. The highest BCUT2D eigenvalue weighted by Gasteiger charge is 2.12. The molecule has 0 heterocycles. The largest absolute Gasteiger partial charge is 0.550 e. The second-order valence-electron chi connectivity index (χ2n) is 4.74. The number of hydrogen-bond acceptors (Lipinski definition) is 3. The topological polar surface area (TPSA) is 77.0 Å². The Balaban J connectivity index is 2.04. The molecule has 110 valence electrons. The van der Waals surface area contributed by atoms with Crippen molar-refractivity contribution in [1.82, 2.24) is 0 Å². The van der Waals surface area contributed by atoms with Gasteiger partial charge in [0.2, 0.25) is 0 Å². The molecule has 21 heavy (non-hydrogen) atoms. The molecule has 0 fully saturated rings. The summed E-state index contributed by atoms with van der Waals surface area (Å²) >= 11 is 3.44. The summed E-state index contributed by atoms with van der Waals surface area (Å²) in [7, 11) is 0. The van der Waals surface area contributed by atoms with Gasteiger partial charge in [0.15, 0.2) is 0 Å².